The van der Waals surface area contributed by atoms with E-state index >= 15 is 0 Å². The predicted molar refractivity (Wildman–Crippen MR) is 88.9 cm³/mol. The minimum Gasteiger partial charge on any atom is -0.493 e. The molecule has 1 unspecified atom stereocenters. The first-order chi connectivity index (χ1) is 11.2. The SMILES string of the molecule is COc1ccc(Oc2ccc(N3CCC(O)C3)cc2)cc1OC. The van der Waals surface area contributed by atoms with Gasteiger partial charge in [0.1, 0.15) is 11.5 Å². The third kappa shape index (κ3) is 3.51. The fraction of sp³-hybridized carbons (Fsp3) is 0.333. The van der Waals surface area contributed by atoms with Gasteiger partial charge in [0, 0.05) is 24.8 Å². The second-order valence-corrected chi connectivity index (χ2v) is 5.50. The zero-order valence-corrected chi connectivity index (χ0v) is 13.4. The standard InChI is InChI=1S/C18H21NO4/c1-21-17-8-7-16(11-18(17)22-2)23-15-5-3-13(4-6-15)19-10-9-14(20)12-19/h3-8,11,14,20H,9-10,12H2,1-2H3. The summed E-state index contributed by atoms with van der Waals surface area (Å²) in [5.74, 6) is 2.74. The molecule has 0 radical (unpaired) electrons. The topological polar surface area (TPSA) is 51.2 Å². The normalized spacial score (nSPS) is 17.2. The van der Waals surface area contributed by atoms with Crippen molar-refractivity contribution in [2.75, 3.05) is 32.2 Å². The lowest BCUT2D eigenvalue weighted by atomic mass is 10.2. The van der Waals surface area contributed by atoms with E-state index in [2.05, 4.69) is 4.90 Å². The van der Waals surface area contributed by atoms with E-state index in [1.165, 1.54) is 0 Å². The van der Waals surface area contributed by atoms with Crippen molar-refractivity contribution in [2.24, 2.45) is 0 Å². The minimum atomic E-state index is -0.224. The fourth-order valence-corrected chi connectivity index (χ4v) is 2.72. The Kier molecular flexibility index (Phi) is 4.57. The van der Waals surface area contributed by atoms with Gasteiger partial charge in [-0.05, 0) is 42.8 Å². The Morgan fingerprint density at radius 2 is 1.65 bits per heavy atom. The number of hydrogen-bond donors (Lipinski definition) is 1. The number of aliphatic hydroxyl groups is 1. The number of anilines is 1. The molecule has 2 aromatic carbocycles. The first kappa shape index (κ1) is 15.5. The molecule has 0 spiro atoms. The van der Waals surface area contributed by atoms with E-state index in [1.54, 1.807) is 20.3 Å². The number of aliphatic hydroxyl groups excluding tert-OH is 1. The molecule has 5 heteroatoms. The average Bonchev–Trinajstić information content (AvgIpc) is 3.02. The number of β-amino-alcohol motifs (C(OH)–C–C–N with tert-alkyl or cyclic N) is 1. The summed E-state index contributed by atoms with van der Waals surface area (Å²) in [7, 11) is 3.20. The van der Waals surface area contributed by atoms with Crippen LogP contribution in [0.4, 0.5) is 5.69 Å². The molecule has 1 atom stereocenters. The average molecular weight is 315 g/mol. The third-order valence-electron chi connectivity index (χ3n) is 3.96. The van der Waals surface area contributed by atoms with Crippen LogP contribution in [0.2, 0.25) is 0 Å². The Morgan fingerprint density at radius 3 is 2.26 bits per heavy atom. The second kappa shape index (κ2) is 6.79. The molecule has 3 rings (SSSR count). The van der Waals surface area contributed by atoms with Gasteiger partial charge in [-0.2, -0.15) is 0 Å². The van der Waals surface area contributed by atoms with Crippen LogP contribution in [0.25, 0.3) is 0 Å². The van der Waals surface area contributed by atoms with Crippen molar-refractivity contribution in [2.45, 2.75) is 12.5 Å². The first-order valence-electron chi connectivity index (χ1n) is 7.62. The largest absolute Gasteiger partial charge is 0.493 e. The highest BCUT2D eigenvalue weighted by atomic mass is 16.5. The molecule has 122 valence electrons. The summed E-state index contributed by atoms with van der Waals surface area (Å²) in [4.78, 5) is 2.17. The van der Waals surface area contributed by atoms with Gasteiger partial charge in [0.15, 0.2) is 11.5 Å². The van der Waals surface area contributed by atoms with Gasteiger partial charge in [-0.15, -0.1) is 0 Å². The highest BCUT2D eigenvalue weighted by Gasteiger charge is 2.20. The Bertz CT molecular complexity index is 657. The summed E-state index contributed by atoms with van der Waals surface area (Å²) in [6.45, 7) is 1.58. The summed E-state index contributed by atoms with van der Waals surface area (Å²) < 4.78 is 16.3. The zero-order valence-electron chi connectivity index (χ0n) is 13.4. The molecule has 1 saturated heterocycles. The number of benzene rings is 2. The van der Waals surface area contributed by atoms with Crippen LogP contribution in [0.15, 0.2) is 42.5 Å². The molecule has 23 heavy (non-hydrogen) atoms. The molecular formula is C18H21NO4. The van der Waals surface area contributed by atoms with Crippen LogP contribution >= 0.6 is 0 Å². The summed E-state index contributed by atoms with van der Waals surface area (Å²) in [6.07, 6.45) is 0.599. The molecule has 5 nitrogen and oxygen atoms in total. The fourth-order valence-electron chi connectivity index (χ4n) is 2.72. The highest BCUT2D eigenvalue weighted by Crippen LogP contribution is 2.33. The molecule has 0 bridgehead atoms. The minimum absolute atomic E-state index is 0.224. The number of nitrogens with zero attached hydrogens (tertiary/aromatic N) is 1. The molecule has 1 fully saturated rings. The Balaban J connectivity index is 1.71. The molecule has 1 N–H and O–H groups in total. The third-order valence-corrected chi connectivity index (χ3v) is 3.96. The summed E-state index contributed by atoms with van der Waals surface area (Å²) in [5, 5.41) is 9.61. The number of rotatable bonds is 5. The lowest BCUT2D eigenvalue weighted by Gasteiger charge is -2.18. The maximum Gasteiger partial charge on any atom is 0.164 e. The lowest BCUT2D eigenvalue weighted by Crippen LogP contribution is -2.20. The van der Waals surface area contributed by atoms with Crippen LogP contribution in [0, 0.1) is 0 Å². The van der Waals surface area contributed by atoms with Crippen LogP contribution in [0.5, 0.6) is 23.0 Å². The van der Waals surface area contributed by atoms with Gasteiger partial charge in [0.25, 0.3) is 0 Å². The second-order valence-electron chi connectivity index (χ2n) is 5.50. The van der Waals surface area contributed by atoms with Crippen molar-refractivity contribution in [3.05, 3.63) is 42.5 Å². The molecule has 0 aromatic heterocycles. The Hall–Kier alpha value is -2.40. The van der Waals surface area contributed by atoms with Gasteiger partial charge < -0.3 is 24.2 Å². The van der Waals surface area contributed by atoms with Crippen molar-refractivity contribution < 1.29 is 19.3 Å². The maximum absolute atomic E-state index is 9.61. The van der Waals surface area contributed by atoms with Crippen LogP contribution in [-0.2, 0) is 0 Å². The van der Waals surface area contributed by atoms with Crippen LogP contribution in [0.1, 0.15) is 6.42 Å². The molecule has 0 aliphatic carbocycles. The van der Waals surface area contributed by atoms with Crippen molar-refractivity contribution in [3.63, 3.8) is 0 Å². The van der Waals surface area contributed by atoms with E-state index in [0.29, 0.717) is 23.8 Å². The Labute approximate surface area is 136 Å². The van der Waals surface area contributed by atoms with Crippen LogP contribution in [-0.4, -0.2) is 38.5 Å². The molecule has 1 aliphatic rings. The highest BCUT2D eigenvalue weighted by molar-refractivity contribution is 5.51. The number of hydrogen-bond acceptors (Lipinski definition) is 5. The van der Waals surface area contributed by atoms with E-state index in [0.717, 1.165) is 24.4 Å². The van der Waals surface area contributed by atoms with E-state index < -0.39 is 0 Å². The van der Waals surface area contributed by atoms with Gasteiger partial charge >= 0.3 is 0 Å². The van der Waals surface area contributed by atoms with Crippen LogP contribution in [0.3, 0.4) is 0 Å². The molecule has 1 heterocycles. The van der Waals surface area contributed by atoms with Crippen molar-refractivity contribution in [3.8, 4) is 23.0 Å². The summed E-state index contributed by atoms with van der Waals surface area (Å²) >= 11 is 0. The maximum atomic E-state index is 9.61. The number of ether oxygens (including phenoxy) is 3. The Morgan fingerprint density at radius 1 is 0.957 bits per heavy atom. The van der Waals surface area contributed by atoms with Gasteiger partial charge in [0.05, 0.1) is 20.3 Å². The molecule has 2 aromatic rings. The molecular weight excluding hydrogens is 294 g/mol. The smallest absolute Gasteiger partial charge is 0.164 e. The van der Waals surface area contributed by atoms with Gasteiger partial charge in [-0.1, -0.05) is 0 Å². The van der Waals surface area contributed by atoms with E-state index in [4.69, 9.17) is 14.2 Å². The first-order valence-corrected chi connectivity index (χ1v) is 7.62. The molecule has 1 aliphatic heterocycles. The van der Waals surface area contributed by atoms with Crippen molar-refractivity contribution in [1.29, 1.82) is 0 Å². The summed E-state index contributed by atoms with van der Waals surface area (Å²) in [5.41, 5.74) is 1.10. The van der Waals surface area contributed by atoms with Crippen LogP contribution < -0.4 is 19.1 Å². The van der Waals surface area contributed by atoms with Crippen molar-refractivity contribution in [1.82, 2.24) is 0 Å². The summed E-state index contributed by atoms with van der Waals surface area (Å²) in [6, 6.07) is 13.3. The van der Waals surface area contributed by atoms with Gasteiger partial charge in [0.2, 0.25) is 0 Å². The quantitative estimate of drug-likeness (QED) is 0.919. The van der Waals surface area contributed by atoms with E-state index in [-0.39, 0.29) is 6.10 Å². The molecule has 0 saturated carbocycles. The van der Waals surface area contributed by atoms with Crippen molar-refractivity contribution >= 4 is 5.69 Å². The van der Waals surface area contributed by atoms with E-state index in [1.807, 2.05) is 36.4 Å². The zero-order chi connectivity index (χ0) is 16.2. The molecule has 0 amide bonds. The van der Waals surface area contributed by atoms with E-state index in [9.17, 15) is 5.11 Å². The monoisotopic (exact) mass is 315 g/mol. The number of methoxy groups -OCH3 is 2. The van der Waals surface area contributed by atoms with Gasteiger partial charge in [-0.3, -0.25) is 0 Å². The lowest BCUT2D eigenvalue weighted by molar-refractivity contribution is 0.198. The van der Waals surface area contributed by atoms with Gasteiger partial charge in [-0.25, -0.2) is 0 Å². The predicted octanol–water partition coefficient (Wildman–Crippen LogP) is 3.07.